The van der Waals surface area contributed by atoms with Crippen LogP contribution in [-0.4, -0.2) is 23.9 Å². The standard InChI is InChI=1S/C9H10NO4P/c11-9-10(6-7-13-9)15(12)14-8-4-2-1-3-5-8/h1-5,15H,6-7H2. The Kier molecular flexibility index (Phi) is 2.92. The third-order valence-electron chi connectivity index (χ3n) is 1.93. The average Bonchev–Trinajstić information content (AvgIpc) is 2.66. The first-order valence-electron chi connectivity index (χ1n) is 4.48. The molecule has 2 rings (SSSR count). The molecule has 1 aromatic carbocycles. The van der Waals surface area contributed by atoms with Crippen molar-refractivity contribution in [3.8, 4) is 5.75 Å². The van der Waals surface area contributed by atoms with Crippen molar-refractivity contribution in [2.45, 2.75) is 0 Å². The summed E-state index contributed by atoms with van der Waals surface area (Å²) in [6.45, 7) is 0.594. The maximum Gasteiger partial charge on any atom is 0.417 e. The third-order valence-corrected chi connectivity index (χ3v) is 3.19. The summed E-state index contributed by atoms with van der Waals surface area (Å²) in [5.74, 6) is 0.487. The maximum atomic E-state index is 11.6. The summed E-state index contributed by atoms with van der Waals surface area (Å²) in [6.07, 6.45) is -0.574. The molecule has 80 valence electrons. The van der Waals surface area contributed by atoms with Gasteiger partial charge in [-0.1, -0.05) is 18.2 Å². The summed E-state index contributed by atoms with van der Waals surface area (Å²) in [5.41, 5.74) is 0. The molecule has 6 heteroatoms. The first kappa shape index (κ1) is 10.1. The van der Waals surface area contributed by atoms with Gasteiger partial charge < -0.3 is 9.26 Å². The van der Waals surface area contributed by atoms with Crippen LogP contribution in [0.4, 0.5) is 4.79 Å². The monoisotopic (exact) mass is 227 g/mol. The number of hydrogen-bond acceptors (Lipinski definition) is 4. The molecule has 5 nitrogen and oxygen atoms in total. The highest BCUT2D eigenvalue weighted by Gasteiger charge is 2.27. The highest BCUT2D eigenvalue weighted by atomic mass is 31.1. The van der Waals surface area contributed by atoms with E-state index in [1.165, 1.54) is 0 Å². The number of hydrogen-bond donors (Lipinski definition) is 0. The Morgan fingerprint density at radius 2 is 2.07 bits per heavy atom. The van der Waals surface area contributed by atoms with Crippen molar-refractivity contribution in [2.75, 3.05) is 13.2 Å². The lowest BCUT2D eigenvalue weighted by Crippen LogP contribution is -2.17. The fourth-order valence-corrected chi connectivity index (χ4v) is 2.14. The number of cyclic esters (lactones) is 1. The van der Waals surface area contributed by atoms with E-state index in [9.17, 15) is 9.36 Å². The first-order chi connectivity index (χ1) is 7.27. The number of carbonyl (C=O) groups is 1. The Balaban J connectivity index is 2.01. The van der Waals surface area contributed by atoms with Gasteiger partial charge in [0, 0.05) is 0 Å². The molecule has 0 radical (unpaired) electrons. The van der Waals surface area contributed by atoms with Gasteiger partial charge in [-0.15, -0.1) is 0 Å². The van der Waals surface area contributed by atoms with Crippen molar-refractivity contribution < 1.29 is 18.6 Å². The van der Waals surface area contributed by atoms with Crippen LogP contribution in [0.3, 0.4) is 0 Å². The van der Waals surface area contributed by atoms with E-state index in [4.69, 9.17) is 4.52 Å². The molecule has 0 aliphatic carbocycles. The number of benzene rings is 1. The number of amides is 1. The summed E-state index contributed by atoms with van der Waals surface area (Å²) in [6, 6.07) is 8.74. The molecule has 1 aliphatic rings. The molecule has 1 fully saturated rings. The van der Waals surface area contributed by atoms with Crippen molar-refractivity contribution >= 4 is 14.3 Å². The zero-order valence-corrected chi connectivity index (χ0v) is 8.88. The number of carbonyl (C=O) groups excluding carboxylic acids is 1. The topological polar surface area (TPSA) is 55.8 Å². The normalized spacial score (nSPS) is 17.3. The highest BCUT2D eigenvalue weighted by molar-refractivity contribution is 7.37. The van der Waals surface area contributed by atoms with Crippen molar-refractivity contribution in [2.24, 2.45) is 0 Å². The molecule has 0 bridgehead atoms. The van der Waals surface area contributed by atoms with Gasteiger partial charge in [-0.2, -0.15) is 0 Å². The molecule has 1 unspecified atom stereocenters. The molecule has 1 amide bonds. The summed E-state index contributed by atoms with van der Waals surface area (Å²) >= 11 is 0. The molecule has 1 aliphatic heterocycles. The second kappa shape index (κ2) is 4.36. The fraction of sp³-hybridized carbons (Fsp3) is 0.222. The Bertz CT molecular complexity index is 381. The van der Waals surface area contributed by atoms with E-state index in [2.05, 4.69) is 4.74 Å². The van der Waals surface area contributed by atoms with Crippen LogP contribution in [-0.2, 0) is 9.30 Å². The average molecular weight is 227 g/mol. The molecule has 1 aromatic rings. The molecular weight excluding hydrogens is 217 g/mol. The van der Waals surface area contributed by atoms with Gasteiger partial charge in [-0.05, 0) is 12.1 Å². The van der Waals surface area contributed by atoms with Crippen molar-refractivity contribution in [3.63, 3.8) is 0 Å². The van der Waals surface area contributed by atoms with Crippen LogP contribution in [0.25, 0.3) is 0 Å². The Hall–Kier alpha value is -1.48. The zero-order valence-electron chi connectivity index (χ0n) is 7.88. The minimum absolute atomic E-state index is 0.271. The second-order valence-electron chi connectivity index (χ2n) is 2.95. The van der Waals surface area contributed by atoms with Gasteiger partial charge in [0.1, 0.15) is 12.4 Å². The van der Waals surface area contributed by atoms with Crippen LogP contribution in [0, 0.1) is 0 Å². The lowest BCUT2D eigenvalue weighted by atomic mass is 10.3. The minimum atomic E-state index is -2.56. The molecule has 1 atom stereocenters. The molecular formula is C9H10NO4P. The zero-order chi connectivity index (χ0) is 10.7. The predicted molar refractivity (Wildman–Crippen MR) is 54.1 cm³/mol. The molecule has 0 aromatic heterocycles. The van der Waals surface area contributed by atoms with E-state index in [1.807, 2.05) is 6.07 Å². The summed E-state index contributed by atoms with van der Waals surface area (Å²) in [4.78, 5) is 11.1. The Morgan fingerprint density at radius 3 is 2.67 bits per heavy atom. The molecule has 0 saturated carbocycles. The third kappa shape index (κ3) is 2.30. The van der Waals surface area contributed by atoms with Crippen molar-refractivity contribution in [1.29, 1.82) is 0 Å². The molecule has 15 heavy (non-hydrogen) atoms. The molecule has 1 saturated heterocycles. The quantitative estimate of drug-likeness (QED) is 0.740. The van der Waals surface area contributed by atoms with Crippen LogP contribution in [0.2, 0.25) is 0 Å². The first-order valence-corrected chi connectivity index (χ1v) is 5.75. The van der Waals surface area contributed by atoms with E-state index in [-0.39, 0.29) is 6.61 Å². The number of ether oxygens (including phenoxy) is 1. The van der Waals surface area contributed by atoms with Gasteiger partial charge in [0.2, 0.25) is 0 Å². The lowest BCUT2D eigenvalue weighted by molar-refractivity contribution is 0.169. The van der Waals surface area contributed by atoms with Crippen LogP contribution < -0.4 is 4.52 Å². The Morgan fingerprint density at radius 1 is 1.33 bits per heavy atom. The van der Waals surface area contributed by atoms with Crippen LogP contribution >= 0.6 is 8.18 Å². The van der Waals surface area contributed by atoms with Crippen LogP contribution in [0.1, 0.15) is 0 Å². The number of nitrogens with zero attached hydrogens (tertiary/aromatic N) is 1. The minimum Gasteiger partial charge on any atom is -0.447 e. The SMILES string of the molecule is O=C1OCCN1[PH](=O)Oc1ccccc1. The maximum absolute atomic E-state index is 11.6. The predicted octanol–water partition coefficient (Wildman–Crippen LogP) is 1.91. The number of para-hydroxylation sites is 1. The fourth-order valence-electron chi connectivity index (χ4n) is 1.20. The van der Waals surface area contributed by atoms with Gasteiger partial charge in [-0.25, -0.2) is 9.46 Å². The number of rotatable bonds is 3. The van der Waals surface area contributed by atoms with E-state index < -0.39 is 14.3 Å². The van der Waals surface area contributed by atoms with E-state index in [0.29, 0.717) is 12.3 Å². The molecule has 0 N–H and O–H groups in total. The van der Waals surface area contributed by atoms with Crippen LogP contribution in [0.5, 0.6) is 5.75 Å². The molecule has 0 spiro atoms. The molecule has 1 heterocycles. The van der Waals surface area contributed by atoms with Gasteiger partial charge in [0.25, 0.3) is 0 Å². The van der Waals surface area contributed by atoms with E-state index in [0.717, 1.165) is 4.67 Å². The smallest absolute Gasteiger partial charge is 0.417 e. The van der Waals surface area contributed by atoms with E-state index in [1.54, 1.807) is 24.3 Å². The highest BCUT2D eigenvalue weighted by Crippen LogP contribution is 2.33. The second-order valence-corrected chi connectivity index (χ2v) is 4.22. The van der Waals surface area contributed by atoms with E-state index >= 15 is 0 Å². The summed E-state index contributed by atoms with van der Waals surface area (Å²) in [7, 11) is -2.56. The van der Waals surface area contributed by atoms with Gasteiger partial charge in [0.15, 0.2) is 0 Å². The van der Waals surface area contributed by atoms with Crippen molar-refractivity contribution in [1.82, 2.24) is 4.67 Å². The summed E-state index contributed by atoms with van der Waals surface area (Å²) < 4.78 is 22.5. The Labute approximate surface area is 87.5 Å². The van der Waals surface area contributed by atoms with Crippen LogP contribution in [0.15, 0.2) is 30.3 Å². The largest absolute Gasteiger partial charge is 0.447 e. The van der Waals surface area contributed by atoms with Crippen molar-refractivity contribution in [3.05, 3.63) is 30.3 Å². The lowest BCUT2D eigenvalue weighted by Gasteiger charge is -2.12. The van der Waals surface area contributed by atoms with Gasteiger partial charge in [0.05, 0.1) is 6.54 Å². The van der Waals surface area contributed by atoms with Gasteiger partial charge in [-0.3, -0.25) is 4.57 Å². The van der Waals surface area contributed by atoms with Gasteiger partial charge >= 0.3 is 14.3 Å². The summed E-state index contributed by atoms with van der Waals surface area (Å²) in [5, 5.41) is 0.